The van der Waals surface area contributed by atoms with Gasteiger partial charge in [-0.25, -0.2) is 4.98 Å². The SMILES string of the molecule is CCCCN=C(NCC)NCCc1cn2ccccc2n1. The monoisotopic (exact) mass is 287 g/mol. The molecule has 0 spiro atoms. The normalized spacial score (nSPS) is 11.8. The third-order valence-corrected chi connectivity index (χ3v) is 3.21. The Hall–Kier alpha value is -2.04. The fraction of sp³-hybridized carbons (Fsp3) is 0.500. The molecule has 5 nitrogen and oxygen atoms in total. The number of guanidine groups is 1. The standard InChI is InChI=1S/C16H25N5/c1-3-5-10-18-16(17-4-2)19-11-9-14-13-21-12-7-6-8-15(21)20-14/h6-8,12-13H,3-5,9-11H2,1-2H3,(H2,17,18,19). The predicted octanol–water partition coefficient (Wildman–Crippen LogP) is 2.23. The minimum absolute atomic E-state index is 0.835. The van der Waals surface area contributed by atoms with Crippen molar-refractivity contribution in [3.8, 4) is 0 Å². The molecule has 0 unspecified atom stereocenters. The Kier molecular flexibility index (Phi) is 6.06. The molecule has 2 aromatic heterocycles. The van der Waals surface area contributed by atoms with Crippen LogP contribution in [0.4, 0.5) is 0 Å². The largest absolute Gasteiger partial charge is 0.357 e. The van der Waals surface area contributed by atoms with E-state index in [-0.39, 0.29) is 0 Å². The van der Waals surface area contributed by atoms with Gasteiger partial charge in [-0.05, 0) is 25.5 Å². The van der Waals surface area contributed by atoms with Crippen molar-refractivity contribution in [2.45, 2.75) is 33.1 Å². The highest BCUT2D eigenvalue weighted by Crippen LogP contribution is 2.04. The van der Waals surface area contributed by atoms with Crippen LogP contribution in [0.3, 0.4) is 0 Å². The number of fused-ring (bicyclic) bond motifs is 1. The van der Waals surface area contributed by atoms with Crippen LogP contribution in [0.1, 0.15) is 32.4 Å². The summed E-state index contributed by atoms with van der Waals surface area (Å²) in [6.07, 6.45) is 7.29. The molecule has 0 aliphatic carbocycles. The van der Waals surface area contributed by atoms with Gasteiger partial charge in [-0.15, -0.1) is 0 Å². The van der Waals surface area contributed by atoms with Crippen LogP contribution in [0.2, 0.25) is 0 Å². The first kappa shape index (κ1) is 15.4. The van der Waals surface area contributed by atoms with Crippen molar-refractivity contribution in [3.63, 3.8) is 0 Å². The van der Waals surface area contributed by atoms with E-state index in [0.29, 0.717) is 0 Å². The summed E-state index contributed by atoms with van der Waals surface area (Å²) in [5, 5.41) is 6.63. The summed E-state index contributed by atoms with van der Waals surface area (Å²) in [5.74, 6) is 0.898. The van der Waals surface area contributed by atoms with Crippen molar-refractivity contribution >= 4 is 11.6 Å². The van der Waals surface area contributed by atoms with Crippen LogP contribution in [0.5, 0.6) is 0 Å². The summed E-state index contributed by atoms with van der Waals surface area (Å²) < 4.78 is 2.05. The van der Waals surface area contributed by atoms with Crippen LogP contribution in [0, 0.1) is 0 Å². The summed E-state index contributed by atoms with van der Waals surface area (Å²) in [6.45, 7) is 6.85. The number of nitrogens with zero attached hydrogens (tertiary/aromatic N) is 3. The average Bonchev–Trinajstić information content (AvgIpc) is 2.90. The minimum atomic E-state index is 0.835. The van der Waals surface area contributed by atoms with Gasteiger partial charge in [-0.2, -0.15) is 0 Å². The quantitative estimate of drug-likeness (QED) is 0.466. The molecular weight excluding hydrogens is 262 g/mol. The lowest BCUT2D eigenvalue weighted by molar-refractivity contribution is 0.764. The third-order valence-electron chi connectivity index (χ3n) is 3.21. The molecule has 114 valence electrons. The van der Waals surface area contributed by atoms with Crippen molar-refractivity contribution in [3.05, 3.63) is 36.3 Å². The summed E-state index contributed by atoms with van der Waals surface area (Å²) in [6, 6.07) is 6.04. The Morgan fingerprint density at radius 2 is 2.19 bits per heavy atom. The summed E-state index contributed by atoms with van der Waals surface area (Å²) in [4.78, 5) is 9.14. The Morgan fingerprint density at radius 1 is 1.29 bits per heavy atom. The highest BCUT2D eigenvalue weighted by Gasteiger charge is 2.01. The molecule has 0 bridgehead atoms. The molecule has 0 saturated carbocycles. The second-order valence-electron chi connectivity index (χ2n) is 4.99. The third kappa shape index (κ3) is 4.77. The number of hydrogen-bond donors (Lipinski definition) is 2. The molecule has 2 rings (SSSR count). The van der Waals surface area contributed by atoms with Gasteiger partial charge in [-0.1, -0.05) is 19.4 Å². The first-order valence-electron chi connectivity index (χ1n) is 7.78. The number of hydrogen-bond acceptors (Lipinski definition) is 2. The maximum Gasteiger partial charge on any atom is 0.191 e. The van der Waals surface area contributed by atoms with Crippen LogP contribution in [0.15, 0.2) is 35.6 Å². The van der Waals surface area contributed by atoms with Crippen molar-refractivity contribution in [2.75, 3.05) is 19.6 Å². The Morgan fingerprint density at radius 3 is 2.95 bits per heavy atom. The molecule has 0 radical (unpaired) electrons. The zero-order chi connectivity index (χ0) is 14.9. The summed E-state index contributed by atoms with van der Waals surface area (Å²) >= 11 is 0. The van der Waals surface area contributed by atoms with E-state index >= 15 is 0 Å². The van der Waals surface area contributed by atoms with E-state index in [1.54, 1.807) is 0 Å². The number of aliphatic imine (C=N–C) groups is 1. The second kappa shape index (κ2) is 8.29. The lowest BCUT2D eigenvalue weighted by Crippen LogP contribution is -2.38. The van der Waals surface area contributed by atoms with E-state index in [9.17, 15) is 0 Å². The molecule has 0 atom stereocenters. The Balaban J connectivity index is 1.84. The van der Waals surface area contributed by atoms with Crippen molar-refractivity contribution < 1.29 is 0 Å². The van der Waals surface area contributed by atoms with Gasteiger partial charge in [0.15, 0.2) is 5.96 Å². The minimum Gasteiger partial charge on any atom is -0.357 e. The molecule has 0 saturated heterocycles. The maximum absolute atomic E-state index is 4.59. The number of aromatic nitrogens is 2. The highest BCUT2D eigenvalue weighted by molar-refractivity contribution is 5.79. The van der Waals surface area contributed by atoms with E-state index in [0.717, 1.165) is 49.8 Å². The fourth-order valence-corrected chi connectivity index (χ4v) is 2.11. The van der Waals surface area contributed by atoms with Crippen LogP contribution in [0.25, 0.3) is 5.65 Å². The second-order valence-corrected chi connectivity index (χ2v) is 4.99. The molecule has 0 amide bonds. The van der Waals surface area contributed by atoms with Crippen LogP contribution < -0.4 is 10.6 Å². The van der Waals surface area contributed by atoms with Gasteiger partial charge in [0, 0.05) is 38.4 Å². The number of imidazole rings is 1. The first-order chi connectivity index (χ1) is 10.3. The van der Waals surface area contributed by atoms with Crippen molar-refractivity contribution in [1.82, 2.24) is 20.0 Å². The zero-order valence-corrected chi connectivity index (χ0v) is 13.0. The van der Waals surface area contributed by atoms with Crippen LogP contribution >= 0.6 is 0 Å². The summed E-state index contributed by atoms with van der Waals surface area (Å²) in [5.41, 5.74) is 2.09. The smallest absolute Gasteiger partial charge is 0.191 e. The summed E-state index contributed by atoms with van der Waals surface area (Å²) in [7, 11) is 0. The van der Waals surface area contributed by atoms with E-state index < -0.39 is 0 Å². The zero-order valence-electron chi connectivity index (χ0n) is 13.0. The van der Waals surface area contributed by atoms with E-state index in [4.69, 9.17) is 0 Å². The molecule has 2 heterocycles. The number of pyridine rings is 1. The van der Waals surface area contributed by atoms with Gasteiger partial charge >= 0.3 is 0 Å². The molecule has 0 fully saturated rings. The Bertz CT molecular complexity index is 540. The van der Waals surface area contributed by atoms with E-state index in [1.165, 1.54) is 6.42 Å². The number of nitrogens with one attached hydrogen (secondary N) is 2. The Labute approximate surface area is 126 Å². The molecule has 0 aromatic carbocycles. The molecule has 0 aliphatic rings. The van der Waals surface area contributed by atoms with Crippen molar-refractivity contribution in [1.29, 1.82) is 0 Å². The van der Waals surface area contributed by atoms with E-state index in [1.807, 2.05) is 24.4 Å². The highest BCUT2D eigenvalue weighted by atomic mass is 15.2. The molecule has 0 aliphatic heterocycles. The van der Waals surface area contributed by atoms with E-state index in [2.05, 4.69) is 45.1 Å². The topological polar surface area (TPSA) is 53.7 Å². The molecule has 2 aromatic rings. The van der Waals surface area contributed by atoms with Crippen LogP contribution in [-0.2, 0) is 6.42 Å². The van der Waals surface area contributed by atoms with Gasteiger partial charge < -0.3 is 15.0 Å². The van der Waals surface area contributed by atoms with Gasteiger partial charge in [0.1, 0.15) is 5.65 Å². The fourth-order valence-electron chi connectivity index (χ4n) is 2.11. The lowest BCUT2D eigenvalue weighted by atomic mass is 10.3. The van der Waals surface area contributed by atoms with Gasteiger partial charge in [-0.3, -0.25) is 4.99 Å². The molecule has 2 N–H and O–H groups in total. The lowest BCUT2D eigenvalue weighted by Gasteiger charge is -2.10. The number of rotatable bonds is 7. The maximum atomic E-state index is 4.59. The van der Waals surface area contributed by atoms with Gasteiger partial charge in [0.2, 0.25) is 0 Å². The average molecular weight is 287 g/mol. The van der Waals surface area contributed by atoms with Crippen molar-refractivity contribution in [2.24, 2.45) is 4.99 Å². The number of unbranched alkanes of at least 4 members (excludes halogenated alkanes) is 1. The van der Waals surface area contributed by atoms with Gasteiger partial charge in [0.05, 0.1) is 5.69 Å². The van der Waals surface area contributed by atoms with Crippen LogP contribution in [-0.4, -0.2) is 35.0 Å². The molecule has 5 heteroatoms. The molecule has 21 heavy (non-hydrogen) atoms. The molecular formula is C16H25N5. The first-order valence-corrected chi connectivity index (χ1v) is 7.78. The predicted molar refractivity (Wildman–Crippen MR) is 87.8 cm³/mol. The van der Waals surface area contributed by atoms with Gasteiger partial charge in [0.25, 0.3) is 0 Å².